The average molecular weight is 452 g/mol. The smallest absolute Gasteiger partial charge is 0.362 e. The van der Waals surface area contributed by atoms with Gasteiger partial charge in [0, 0.05) is 4.88 Å². The van der Waals surface area contributed by atoms with Crippen LogP contribution in [0.25, 0.3) is 0 Å². The summed E-state index contributed by atoms with van der Waals surface area (Å²) in [5.41, 5.74) is 2.42. The van der Waals surface area contributed by atoms with Crippen LogP contribution in [-0.4, -0.2) is 53.6 Å². The largest absolute Gasteiger partial charge is 0.462 e. The molecule has 2 amide bonds. The minimum absolute atomic E-state index is 0.0491. The van der Waals surface area contributed by atoms with E-state index in [-0.39, 0.29) is 29.5 Å². The minimum atomic E-state index is -1.14. The summed E-state index contributed by atoms with van der Waals surface area (Å²) in [7, 11) is 0. The number of hydrazone groups is 1. The quantitative estimate of drug-likeness (QED) is 0.187. The van der Waals surface area contributed by atoms with Gasteiger partial charge in [0.2, 0.25) is 5.71 Å². The van der Waals surface area contributed by atoms with Gasteiger partial charge in [0.1, 0.15) is 5.00 Å². The van der Waals surface area contributed by atoms with Crippen molar-refractivity contribution < 1.29 is 33.9 Å². The zero-order chi connectivity index (χ0) is 23.0. The number of aryl methyl sites for hydroxylation is 1. The molecule has 1 aromatic rings. The number of carbonyl (C=O) groups is 4. The van der Waals surface area contributed by atoms with Crippen LogP contribution in [0.15, 0.2) is 10.3 Å². The summed E-state index contributed by atoms with van der Waals surface area (Å²) in [6.45, 7) is 4.77. The molecule has 31 heavy (non-hydrogen) atoms. The molecule has 0 unspecified atom stereocenters. The fourth-order valence-electron chi connectivity index (χ4n) is 2.93. The highest BCUT2D eigenvalue weighted by molar-refractivity contribution is 7.17. The lowest BCUT2D eigenvalue weighted by atomic mass is 9.95. The Morgan fingerprint density at radius 1 is 1.06 bits per heavy atom. The molecule has 11 nitrogen and oxygen atoms in total. The number of nitrogens with one attached hydrogen (secondary N) is 2. The maximum atomic E-state index is 12.4. The van der Waals surface area contributed by atoms with Gasteiger partial charge >= 0.3 is 23.8 Å². The topological polar surface area (TPSA) is 156 Å². The number of nitrogens with zero attached hydrogens (tertiary/aromatic N) is 2. The summed E-state index contributed by atoms with van der Waals surface area (Å²) in [5, 5.41) is 18.0. The molecule has 3 N–H and O–H groups in total. The minimum Gasteiger partial charge on any atom is -0.462 e. The van der Waals surface area contributed by atoms with Crippen molar-refractivity contribution in [1.82, 2.24) is 5.43 Å². The third-order valence-electron chi connectivity index (χ3n) is 4.32. The molecular formula is C19H24N4O7S. The summed E-state index contributed by atoms with van der Waals surface area (Å²) in [5.74, 6) is -3.68. The lowest BCUT2D eigenvalue weighted by Gasteiger charge is -2.12. The second-order valence-corrected chi connectivity index (χ2v) is 7.50. The Hall–Kier alpha value is -3.28. The molecule has 0 fully saturated rings. The van der Waals surface area contributed by atoms with E-state index in [0.29, 0.717) is 6.42 Å². The van der Waals surface area contributed by atoms with Gasteiger partial charge in [-0.25, -0.2) is 15.0 Å². The number of fused-ring (bicyclic) bond motifs is 1. The Kier molecular flexibility index (Phi) is 8.67. The predicted octanol–water partition coefficient (Wildman–Crippen LogP) is 1.63. The molecule has 0 saturated carbocycles. The van der Waals surface area contributed by atoms with E-state index in [4.69, 9.17) is 14.7 Å². The van der Waals surface area contributed by atoms with Crippen LogP contribution in [0.1, 0.15) is 54.4 Å². The number of ether oxygens (including phenoxy) is 2. The van der Waals surface area contributed by atoms with Gasteiger partial charge in [-0.1, -0.05) is 5.16 Å². The monoisotopic (exact) mass is 452 g/mol. The van der Waals surface area contributed by atoms with Crippen LogP contribution in [-0.2, 0) is 36.7 Å². The first-order chi connectivity index (χ1) is 14.8. The van der Waals surface area contributed by atoms with Crippen LogP contribution < -0.4 is 10.7 Å². The van der Waals surface area contributed by atoms with Gasteiger partial charge < -0.3 is 20.0 Å². The second kappa shape index (κ2) is 11.2. The van der Waals surface area contributed by atoms with Gasteiger partial charge in [-0.15, -0.1) is 11.3 Å². The van der Waals surface area contributed by atoms with Crippen molar-refractivity contribution in [1.29, 1.82) is 0 Å². The number of amides is 2. The summed E-state index contributed by atoms with van der Waals surface area (Å²) in [4.78, 5) is 49.5. The molecule has 1 aliphatic rings. The van der Waals surface area contributed by atoms with Gasteiger partial charge in [0.25, 0.3) is 0 Å². The molecule has 0 radical (unpaired) electrons. The van der Waals surface area contributed by atoms with E-state index in [1.807, 2.05) is 5.43 Å². The SMILES string of the molecule is CCOC(=O)C(=N\O)/C(C)=N/NC(=O)C(=O)Nc1sc2c(c1C(=O)OCC)CCCC2. The van der Waals surface area contributed by atoms with Gasteiger partial charge in [-0.05, 0) is 52.0 Å². The number of carbonyl (C=O) groups excluding carboxylic acids is 4. The van der Waals surface area contributed by atoms with Gasteiger partial charge in [0.05, 0.1) is 24.5 Å². The van der Waals surface area contributed by atoms with Crippen LogP contribution in [0.2, 0.25) is 0 Å². The van der Waals surface area contributed by atoms with Crippen molar-refractivity contribution in [3.63, 3.8) is 0 Å². The molecule has 12 heteroatoms. The molecule has 0 aliphatic heterocycles. The molecule has 1 aromatic heterocycles. The van der Waals surface area contributed by atoms with Crippen LogP contribution in [0.5, 0.6) is 0 Å². The first-order valence-electron chi connectivity index (χ1n) is 9.70. The van der Waals surface area contributed by atoms with Gasteiger partial charge in [-0.2, -0.15) is 5.10 Å². The number of hydrogen-bond acceptors (Lipinski definition) is 10. The Morgan fingerprint density at radius 3 is 2.39 bits per heavy atom. The number of oxime groups is 1. The molecular weight excluding hydrogens is 428 g/mol. The normalized spacial score (nSPS) is 13.8. The van der Waals surface area contributed by atoms with Crippen LogP contribution in [0.4, 0.5) is 5.00 Å². The Bertz CT molecular complexity index is 936. The van der Waals surface area contributed by atoms with E-state index in [2.05, 4.69) is 15.6 Å². The van der Waals surface area contributed by atoms with E-state index in [0.717, 1.165) is 29.7 Å². The van der Waals surface area contributed by atoms with Crippen molar-refractivity contribution in [2.45, 2.75) is 46.5 Å². The van der Waals surface area contributed by atoms with E-state index < -0.39 is 29.5 Å². The molecule has 1 aliphatic carbocycles. The fraction of sp³-hybridized carbons (Fsp3) is 0.474. The third-order valence-corrected chi connectivity index (χ3v) is 5.53. The second-order valence-electron chi connectivity index (χ2n) is 6.40. The van der Waals surface area contributed by atoms with E-state index in [1.54, 1.807) is 13.8 Å². The average Bonchev–Trinajstić information content (AvgIpc) is 3.10. The van der Waals surface area contributed by atoms with Crippen molar-refractivity contribution in [2.75, 3.05) is 18.5 Å². The highest BCUT2D eigenvalue weighted by Gasteiger charge is 2.28. The molecule has 168 valence electrons. The molecule has 0 atom stereocenters. The number of anilines is 1. The highest BCUT2D eigenvalue weighted by atomic mass is 32.1. The maximum Gasteiger partial charge on any atom is 0.362 e. The molecule has 0 bridgehead atoms. The summed E-state index contributed by atoms with van der Waals surface area (Å²) in [6, 6.07) is 0. The first kappa shape index (κ1) is 24.0. The summed E-state index contributed by atoms with van der Waals surface area (Å²) in [6.07, 6.45) is 3.39. The van der Waals surface area contributed by atoms with Crippen molar-refractivity contribution >= 4 is 51.5 Å². The van der Waals surface area contributed by atoms with E-state index >= 15 is 0 Å². The molecule has 0 aromatic carbocycles. The van der Waals surface area contributed by atoms with E-state index in [1.165, 1.54) is 18.3 Å². The van der Waals surface area contributed by atoms with Crippen molar-refractivity contribution in [3.8, 4) is 0 Å². The maximum absolute atomic E-state index is 12.4. The molecule has 2 rings (SSSR count). The van der Waals surface area contributed by atoms with Crippen LogP contribution >= 0.6 is 11.3 Å². The zero-order valence-corrected chi connectivity index (χ0v) is 18.3. The summed E-state index contributed by atoms with van der Waals surface area (Å²) >= 11 is 1.24. The highest BCUT2D eigenvalue weighted by Crippen LogP contribution is 2.38. The van der Waals surface area contributed by atoms with Crippen molar-refractivity contribution in [2.24, 2.45) is 10.3 Å². The number of esters is 2. The lowest BCUT2D eigenvalue weighted by molar-refractivity contribution is -0.136. The number of rotatable bonds is 7. The fourth-order valence-corrected chi connectivity index (χ4v) is 4.20. The standard InChI is InChI=1S/C19H24N4O7S/c1-4-29-18(26)13-11-8-6-7-9-12(11)31-17(13)20-15(24)16(25)22-21-10(3)14(23-28)19(27)30-5-2/h28H,4-9H2,1-3H3,(H,20,24)(H,22,25)/b21-10+,23-14-. The number of thiophene rings is 1. The Labute approximate surface area is 182 Å². The van der Waals surface area contributed by atoms with Gasteiger partial charge in [-0.3, -0.25) is 9.59 Å². The Balaban J connectivity index is 2.14. The number of hydrogen-bond donors (Lipinski definition) is 3. The third kappa shape index (κ3) is 5.87. The summed E-state index contributed by atoms with van der Waals surface area (Å²) < 4.78 is 9.81. The van der Waals surface area contributed by atoms with Gasteiger partial charge in [0.15, 0.2) is 0 Å². The van der Waals surface area contributed by atoms with Crippen LogP contribution in [0.3, 0.4) is 0 Å². The van der Waals surface area contributed by atoms with Crippen molar-refractivity contribution in [3.05, 3.63) is 16.0 Å². The molecule has 1 heterocycles. The lowest BCUT2D eigenvalue weighted by Crippen LogP contribution is -2.34. The molecule has 0 spiro atoms. The predicted molar refractivity (Wildman–Crippen MR) is 113 cm³/mol. The zero-order valence-electron chi connectivity index (χ0n) is 17.4. The Morgan fingerprint density at radius 2 is 1.74 bits per heavy atom. The van der Waals surface area contributed by atoms with E-state index in [9.17, 15) is 19.2 Å². The molecule has 0 saturated heterocycles. The van der Waals surface area contributed by atoms with Crippen LogP contribution in [0, 0.1) is 0 Å². The first-order valence-corrected chi connectivity index (χ1v) is 10.5.